The summed E-state index contributed by atoms with van der Waals surface area (Å²) in [5.74, 6) is -1.38. The molecule has 11 heteroatoms. The van der Waals surface area contributed by atoms with Crippen LogP contribution in [0.25, 0.3) is 0 Å². The van der Waals surface area contributed by atoms with Gasteiger partial charge in [-0.05, 0) is 61.4 Å². The summed E-state index contributed by atoms with van der Waals surface area (Å²) in [5, 5.41) is 9.02. The van der Waals surface area contributed by atoms with Crippen LogP contribution in [0.15, 0.2) is 47.4 Å². The van der Waals surface area contributed by atoms with Crippen molar-refractivity contribution in [1.29, 1.82) is 0 Å². The summed E-state index contributed by atoms with van der Waals surface area (Å²) in [4.78, 5) is 13.0. The molecule has 0 radical (unpaired) electrons. The number of anilines is 1. The number of aryl methyl sites for hydroxylation is 1. The van der Waals surface area contributed by atoms with Crippen molar-refractivity contribution in [2.45, 2.75) is 37.6 Å². The number of carbonyl (C=O) groups is 1. The first-order chi connectivity index (χ1) is 14.8. The van der Waals surface area contributed by atoms with Crippen LogP contribution in [0.2, 0.25) is 0 Å². The first-order valence-electron chi connectivity index (χ1n) is 9.80. The summed E-state index contributed by atoms with van der Waals surface area (Å²) in [6, 6.07) is 9.73. The molecule has 1 saturated heterocycles. The van der Waals surface area contributed by atoms with Crippen molar-refractivity contribution in [3.8, 4) is 5.75 Å². The Morgan fingerprint density at radius 1 is 1.16 bits per heavy atom. The number of rotatable bonds is 6. The number of halogens is 3. The summed E-state index contributed by atoms with van der Waals surface area (Å²) in [7, 11) is -3.84. The Kier molecular flexibility index (Phi) is 6.70. The normalized spacial score (nSPS) is 17.9. The molecule has 32 heavy (non-hydrogen) atoms. The zero-order valence-electron chi connectivity index (χ0n) is 17.5. The first kappa shape index (κ1) is 23.9. The Balaban J connectivity index is 1.75. The fourth-order valence-corrected chi connectivity index (χ4v) is 5.43. The van der Waals surface area contributed by atoms with E-state index in [4.69, 9.17) is 5.11 Å². The monoisotopic (exact) mass is 472 g/mol. The molecule has 0 spiro atoms. The van der Waals surface area contributed by atoms with E-state index in [9.17, 15) is 26.4 Å². The van der Waals surface area contributed by atoms with Crippen molar-refractivity contribution in [3.05, 3.63) is 53.6 Å². The van der Waals surface area contributed by atoms with Gasteiger partial charge in [-0.1, -0.05) is 6.07 Å². The number of carboxylic acids is 1. The molecule has 0 saturated carbocycles. The van der Waals surface area contributed by atoms with Gasteiger partial charge in [0.25, 0.3) is 0 Å². The molecule has 1 N–H and O–H groups in total. The lowest BCUT2D eigenvalue weighted by Crippen LogP contribution is -2.53. The number of piperazine rings is 1. The molecule has 0 aromatic heterocycles. The second kappa shape index (κ2) is 8.99. The molecule has 2 aromatic rings. The molecule has 1 fully saturated rings. The number of sulfonamides is 1. The van der Waals surface area contributed by atoms with Crippen LogP contribution in [-0.4, -0.2) is 55.8 Å². The van der Waals surface area contributed by atoms with Gasteiger partial charge in [0.2, 0.25) is 10.0 Å². The standard InChI is InChI=1S/C21H23F3N2O5S/c1-14-9-16(12-20(27)28)11-19(10-14)32(29,30)25-7-8-26(15(2)13-25)17-3-5-18(6-4-17)31-21(22,23)24/h3-6,9-11,15H,7-8,12-13H2,1-2H3,(H,27,28)/t15-/m0/s1. The molecule has 0 bridgehead atoms. The van der Waals surface area contributed by atoms with Gasteiger partial charge in [-0.3, -0.25) is 4.79 Å². The number of aliphatic carboxylic acids is 1. The van der Waals surface area contributed by atoms with E-state index >= 15 is 0 Å². The van der Waals surface area contributed by atoms with E-state index in [1.807, 2.05) is 11.8 Å². The van der Waals surface area contributed by atoms with Crippen molar-refractivity contribution < 1.29 is 36.2 Å². The fourth-order valence-electron chi connectivity index (χ4n) is 3.76. The lowest BCUT2D eigenvalue weighted by atomic mass is 10.1. The average molecular weight is 472 g/mol. The Bertz CT molecular complexity index is 1090. The molecule has 1 aliphatic heterocycles. The highest BCUT2D eigenvalue weighted by molar-refractivity contribution is 7.89. The number of hydrogen-bond donors (Lipinski definition) is 1. The predicted molar refractivity (Wildman–Crippen MR) is 111 cm³/mol. The highest BCUT2D eigenvalue weighted by Crippen LogP contribution is 2.29. The third kappa shape index (κ3) is 5.71. The van der Waals surface area contributed by atoms with E-state index in [2.05, 4.69) is 4.74 Å². The molecule has 2 aromatic carbocycles. The van der Waals surface area contributed by atoms with E-state index < -0.39 is 22.4 Å². The molecule has 7 nitrogen and oxygen atoms in total. The SMILES string of the molecule is Cc1cc(CC(=O)O)cc(S(=O)(=O)N2CCN(c3ccc(OC(F)(F)F)cc3)[C@@H](C)C2)c1. The molecule has 0 aliphatic carbocycles. The topological polar surface area (TPSA) is 87.1 Å². The number of nitrogens with zero attached hydrogens (tertiary/aromatic N) is 2. The average Bonchev–Trinajstić information content (AvgIpc) is 2.66. The first-order valence-corrected chi connectivity index (χ1v) is 11.2. The fraction of sp³-hybridized carbons (Fsp3) is 0.381. The number of alkyl halides is 3. The number of hydrogen-bond acceptors (Lipinski definition) is 5. The Hall–Kier alpha value is -2.79. The van der Waals surface area contributed by atoms with Gasteiger partial charge in [0.1, 0.15) is 5.75 Å². The maximum absolute atomic E-state index is 13.2. The molecule has 1 heterocycles. The van der Waals surface area contributed by atoms with Gasteiger partial charge in [-0.15, -0.1) is 13.2 Å². The molecule has 0 unspecified atom stereocenters. The summed E-state index contributed by atoms with van der Waals surface area (Å²) in [6.07, 6.45) is -5.04. The number of ether oxygens (including phenoxy) is 1. The molecular weight excluding hydrogens is 449 g/mol. The molecule has 0 amide bonds. The summed E-state index contributed by atoms with van der Waals surface area (Å²) in [5.41, 5.74) is 1.71. The van der Waals surface area contributed by atoms with Gasteiger partial charge in [0.15, 0.2) is 0 Å². The van der Waals surface area contributed by atoms with Crippen molar-refractivity contribution in [2.24, 2.45) is 0 Å². The zero-order chi connectivity index (χ0) is 23.7. The third-order valence-electron chi connectivity index (χ3n) is 5.10. The summed E-state index contributed by atoms with van der Waals surface area (Å²) < 4.78 is 68.6. The van der Waals surface area contributed by atoms with Crippen LogP contribution in [0.3, 0.4) is 0 Å². The van der Waals surface area contributed by atoms with Crippen LogP contribution in [0.4, 0.5) is 18.9 Å². The van der Waals surface area contributed by atoms with Gasteiger partial charge in [-0.2, -0.15) is 4.31 Å². The molecular formula is C21H23F3N2O5S. The number of carboxylic acid groups (broad SMARTS) is 1. The lowest BCUT2D eigenvalue weighted by Gasteiger charge is -2.40. The van der Waals surface area contributed by atoms with E-state index in [1.165, 1.54) is 40.7 Å². The van der Waals surface area contributed by atoms with E-state index in [-0.39, 0.29) is 36.2 Å². The van der Waals surface area contributed by atoms with E-state index in [0.717, 1.165) is 0 Å². The largest absolute Gasteiger partial charge is 0.573 e. The minimum absolute atomic E-state index is 0.0445. The van der Waals surface area contributed by atoms with Crippen LogP contribution >= 0.6 is 0 Å². The Labute approximate surface area is 184 Å². The molecule has 174 valence electrons. The molecule has 1 atom stereocenters. The van der Waals surface area contributed by atoms with Gasteiger partial charge in [-0.25, -0.2) is 8.42 Å². The van der Waals surface area contributed by atoms with Gasteiger partial charge >= 0.3 is 12.3 Å². The maximum Gasteiger partial charge on any atom is 0.573 e. The van der Waals surface area contributed by atoms with Gasteiger partial charge < -0.3 is 14.7 Å². The van der Waals surface area contributed by atoms with E-state index in [0.29, 0.717) is 23.4 Å². The minimum Gasteiger partial charge on any atom is -0.481 e. The Morgan fingerprint density at radius 2 is 1.81 bits per heavy atom. The van der Waals surface area contributed by atoms with Crippen LogP contribution < -0.4 is 9.64 Å². The van der Waals surface area contributed by atoms with E-state index in [1.54, 1.807) is 13.0 Å². The Morgan fingerprint density at radius 3 is 2.38 bits per heavy atom. The predicted octanol–water partition coefficient (Wildman–Crippen LogP) is 3.42. The summed E-state index contributed by atoms with van der Waals surface area (Å²) >= 11 is 0. The lowest BCUT2D eigenvalue weighted by molar-refractivity contribution is -0.274. The quantitative estimate of drug-likeness (QED) is 0.693. The van der Waals surface area contributed by atoms with Gasteiger partial charge in [0.05, 0.1) is 11.3 Å². The second-order valence-electron chi connectivity index (χ2n) is 7.67. The molecule has 1 aliphatic rings. The maximum atomic E-state index is 13.2. The summed E-state index contributed by atoms with van der Waals surface area (Å²) in [6.45, 7) is 4.22. The van der Waals surface area contributed by atoms with Crippen molar-refractivity contribution in [3.63, 3.8) is 0 Å². The third-order valence-corrected chi connectivity index (χ3v) is 6.94. The van der Waals surface area contributed by atoms with Crippen molar-refractivity contribution >= 4 is 21.7 Å². The second-order valence-corrected chi connectivity index (χ2v) is 9.61. The van der Waals surface area contributed by atoms with Crippen molar-refractivity contribution in [2.75, 3.05) is 24.5 Å². The highest BCUT2D eigenvalue weighted by atomic mass is 32.2. The minimum atomic E-state index is -4.77. The number of benzene rings is 2. The molecule has 3 rings (SSSR count). The van der Waals surface area contributed by atoms with Crippen LogP contribution in [0, 0.1) is 6.92 Å². The van der Waals surface area contributed by atoms with Gasteiger partial charge in [0, 0.05) is 31.4 Å². The highest BCUT2D eigenvalue weighted by Gasteiger charge is 2.33. The van der Waals surface area contributed by atoms with Crippen molar-refractivity contribution in [1.82, 2.24) is 4.31 Å². The van der Waals surface area contributed by atoms with Crippen LogP contribution in [0.5, 0.6) is 5.75 Å². The van der Waals surface area contributed by atoms with Crippen LogP contribution in [0.1, 0.15) is 18.1 Å². The zero-order valence-corrected chi connectivity index (χ0v) is 18.3. The smallest absolute Gasteiger partial charge is 0.481 e. The van der Waals surface area contributed by atoms with Crippen LogP contribution in [-0.2, 0) is 21.2 Å².